The molecule has 0 aliphatic heterocycles. The minimum absolute atomic E-state index is 0.694. The molecule has 0 amide bonds. The molecule has 0 heteroatoms. The Balaban J connectivity index is 0.000000218. The van der Waals surface area contributed by atoms with Crippen LogP contribution in [0.5, 0.6) is 0 Å². The summed E-state index contributed by atoms with van der Waals surface area (Å²) in [6, 6.07) is 0. The number of hydrogen-bond acceptors (Lipinski definition) is 0. The average Bonchev–Trinajstić information content (AvgIpc) is 2.35. The molecule has 0 saturated heterocycles. The highest BCUT2D eigenvalue weighted by molar-refractivity contribution is 4.74. The van der Waals surface area contributed by atoms with Crippen molar-refractivity contribution >= 4 is 0 Å². The zero-order valence-electron chi connectivity index (χ0n) is 8.74. The highest BCUT2D eigenvalue weighted by Crippen LogP contribution is 2.36. The third-order valence-electron chi connectivity index (χ3n) is 2.46. The largest absolute Gasteiger partial charge is 0.0654 e. The molecule has 11 heavy (non-hydrogen) atoms. The molecule has 0 bridgehead atoms. The standard InChI is InChI=1S/C7H14.C4H10/c1-7(2)5-3-4-6-7;1-3-4-2/h3-6H2,1-2H3;3-4H2,1-2H3. The number of hydrogen-bond donors (Lipinski definition) is 0. The second-order valence-corrected chi connectivity index (χ2v) is 4.37. The van der Waals surface area contributed by atoms with Gasteiger partial charge in [-0.15, -0.1) is 0 Å². The monoisotopic (exact) mass is 156 g/mol. The molecular formula is C11H24. The topological polar surface area (TPSA) is 0 Å². The van der Waals surface area contributed by atoms with E-state index in [1.54, 1.807) is 0 Å². The lowest BCUT2D eigenvalue weighted by molar-refractivity contribution is 0.382. The van der Waals surface area contributed by atoms with Crippen LogP contribution in [0.4, 0.5) is 0 Å². The summed E-state index contributed by atoms with van der Waals surface area (Å²) in [5.41, 5.74) is 0.694. The molecule has 0 spiro atoms. The first-order valence-corrected chi connectivity index (χ1v) is 5.12. The summed E-state index contributed by atoms with van der Waals surface area (Å²) < 4.78 is 0. The maximum absolute atomic E-state index is 2.36. The van der Waals surface area contributed by atoms with Gasteiger partial charge in [0.25, 0.3) is 0 Å². The fraction of sp³-hybridized carbons (Fsp3) is 1.00. The van der Waals surface area contributed by atoms with E-state index in [0.29, 0.717) is 5.41 Å². The van der Waals surface area contributed by atoms with E-state index in [-0.39, 0.29) is 0 Å². The Hall–Kier alpha value is 0. The normalized spacial score (nSPS) is 20.7. The summed E-state index contributed by atoms with van der Waals surface area (Å²) in [4.78, 5) is 0. The van der Waals surface area contributed by atoms with Gasteiger partial charge in [0.1, 0.15) is 0 Å². The molecule has 1 aliphatic rings. The average molecular weight is 156 g/mol. The molecule has 0 N–H and O–H groups in total. The third-order valence-corrected chi connectivity index (χ3v) is 2.46. The van der Waals surface area contributed by atoms with Crippen molar-refractivity contribution in [3.8, 4) is 0 Å². The highest BCUT2D eigenvalue weighted by atomic mass is 14.3. The van der Waals surface area contributed by atoms with E-state index in [4.69, 9.17) is 0 Å². The molecule has 0 aromatic carbocycles. The maximum Gasteiger partial charge on any atom is -0.0354 e. The molecule has 0 heterocycles. The molecule has 1 rings (SSSR count). The minimum atomic E-state index is 0.694. The van der Waals surface area contributed by atoms with E-state index >= 15 is 0 Å². The Labute approximate surface area is 72.4 Å². The van der Waals surface area contributed by atoms with E-state index in [2.05, 4.69) is 27.7 Å². The van der Waals surface area contributed by atoms with Crippen molar-refractivity contribution < 1.29 is 0 Å². The summed E-state index contributed by atoms with van der Waals surface area (Å²) in [6.45, 7) is 9.08. The van der Waals surface area contributed by atoms with Gasteiger partial charge in [-0.2, -0.15) is 0 Å². The van der Waals surface area contributed by atoms with E-state index < -0.39 is 0 Å². The second kappa shape index (κ2) is 5.62. The van der Waals surface area contributed by atoms with Crippen LogP contribution >= 0.6 is 0 Å². The summed E-state index contributed by atoms with van der Waals surface area (Å²) in [6.07, 6.45) is 8.47. The smallest absolute Gasteiger partial charge is 0.0354 e. The van der Waals surface area contributed by atoms with Crippen LogP contribution in [0.15, 0.2) is 0 Å². The minimum Gasteiger partial charge on any atom is -0.0654 e. The van der Waals surface area contributed by atoms with E-state index in [0.717, 1.165) is 0 Å². The molecule has 0 aromatic rings. The first-order chi connectivity index (χ1) is 5.12. The van der Waals surface area contributed by atoms with Gasteiger partial charge in [-0.05, 0) is 18.3 Å². The Kier molecular flexibility index (Phi) is 5.62. The molecule has 1 aliphatic carbocycles. The van der Waals surface area contributed by atoms with Crippen molar-refractivity contribution in [1.82, 2.24) is 0 Å². The number of unbranched alkanes of at least 4 members (excludes halogenated alkanes) is 1. The maximum atomic E-state index is 2.36. The first-order valence-electron chi connectivity index (χ1n) is 5.12. The molecular weight excluding hydrogens is 132 g/mol. The van der Waals surface area contributed by atoms with Crippen molar-refractivity contribution in [2.45, 2.75) is 66.2 Å². The Morgan fingerprint density at radius 1 is 0.909 bits per heavy atom. The zero-order valence-corrected chi connectivity index (χ0v) is 8.74. The van der Waals surface area contributed by atoms with Crippen LogP contribution in [0.3, 0.4) is 0 Å². The van der Waals surface area contributed by atoms with Crippen molar-refractivity contribution in [2.75, 3.05) is 0 Å². The Morgan fingerprint density at radius 2 is 1.27 bits per heavy atom. The highest BCUT2D eigenvalue weighted by Gasteiger charge is 2.21. The van der Waals surface area contributed by atoms with Gasteiger partial charge in [-0.1, -0.05) is 53.4 Å². The van der Waals surface area contributed by atoms with Crippen LogP contribution in [-0.2, 0) is 0 Å². The van der Waals surface area contributed by atoms with Crippen LogP contribution < -0.4 is 0 Å². The molecule has 0 nitrogen and oxygen atoms in total. The summed E-state index contributed by atoms with van der Waals surface area (Å²) in [5, 5.41) is 0. The third kappa shape index (κ3) is 6.40. The van der Waals surface area contributed by atoms with Crippen LogP contribution in [0.25, 0.3) is 0 Å². The zero-order chi connectivity index (χ0) is 8.74. The van der Waals surface area contributed by atoms with E-state index in [9.17, 15) is 0 Å². The van der Waals surface area contributed by atoms with Gasteiger partial charge in [-0.25, -0.2) is 0 Å². The molecule has 0 unspecified atom stereocenters. The van der Waals surface area contributed by atoms with Gasteiger partial charge in [0, 0.05) is 0 Å². The molecule has 1 fully saturated rings. The van der Waals surface area contributed by atoms with Crippen molar-refractivity contribution in [3.63, 3.8) is 0 Å². The predicted octanol–water partition coefficient (Wildman–Crippen LogP) is 4.39. The lowest BCUT2D eigenvalue weighted by Gasteiger charge is -2.13. The van der Waals surface area contributed by atoms with Gasteiger partial charge in [-0.3, -0.25) is 0 Å². The predicted molar refractivity (Wildman–Crippen MR) is 52.8 cm³/mol. The van der Waals surface area contributed by atoms with Crippen molar-refractivity contribution in [2.24, 2.45) is 5.41 Å². The quantitative estimate of drug-likeness (QED) is 0.528. The lowest BCUT2D eigenvalue weighted by atomic mass is 9.92. The Morgan fingerprint density at radius 3 is 1.36 bits per heavy atom. The van der Waals surface area contributed by atoms with Crippen LogP contribution in [0.2, 0.25) is 0 Å². The molecule has 0 aromatic heterocycles. The molecule has 68 valence electrons. The van der Waals surface area contributed by atoms with Crippen LogP contribution in [0.1, 0.15) is 66.2 Å². The van der Waals surface area contributed by atoms with Crippen LogP contribution in [0, 0.1) is 5.41 Å². The SMILES string of the molecule is CC1(C)CCCC1.CCCC. The lowest BCUT2D eigenvalue weighted by Crippen LogP contribution is -2.01. The first kappa shape index (κ1) is 11.0. The fourth-order valence-corrected chi connectivity index (χ4v) is 1.33. The number of rotatable bonds is 1. The fourth-order valence-electron chi connectivity index (χ4n) is 1.33. The van der Waals surface area contributed by atoms with E-state index in [1.165, 1.54) is 38.5 Å². The summed E-state index contributed by atoms with van der Waals surface area (Å²) in [5.74, 6) is 0. The van der Waals surface area contributed by atoms with Crippen molar-refractivity contribution in [3.05, 3.63) is 0 Å². The second-order valence-electron chi connectivity index (χ2n) is 4.37. The molecule has 0 atom stereocenters. The van der Waals surface area contributed by atoms with Gasteiger partial charge in [0.05, 0.1) is 0 Å². The summed E-state index contributed by atoms with van der Waals surface area (Å²) in [7, 11) is 0. The van der Waals surface area contributed by atoms with Gasteiger partial charge < -0.3 is 0 Å². The molecule has 0 radical (unpaired) electrons. The van der Waals surface area contributed by atoms with E-state index in [1.807, 2.05) is 0 Å². The van der Waals surface area contributed by atoms with Gasteiger partial charge in [0.15, 0.2) is 0 Å². The Bertz CT molecular complexity index is 72.0. The molecule has 1 saturated carbocycles. The van der Waals surface area contributed by atoms with Gasteiger partial charge >= 0.3 is 0 Å². The van der Waals surface area contributed by atoms with Gasteiger partial charge in [0.2, 0.25) is 0 Å². The van der Waals surface area contributed by atoms with Crippen molar-refractivity contribution in [1.29, 1.82) is 0 Å². The van der Waals surface area contributed by atoms with Crippen LogP contribution in [-0.4, -0.2) is 0 Å². The summed E-state index contributed by atoms with van der Waals surface area (Å²) >= 11 is 0.